The Morgan fingerprint density at radius 1 is 1.50 bits per heavy atom. The van der Waals surface area contributed by atoms with Crippen molar-refractivity contribution >= 4 is 31.8 Å². The van der Waals surface area contributed by atoms with Crippen molar-refractivity contribution in [1.82, 2.24) is 4.98 Å². The number of nitrogens with zero attached hydrogens (tertiary/aromatic N) is 2. The topological polar surface area (TPSA) is 116 Å². The Morgan fingerprint density at radius 3 is 2.50 bits per heavy atom. The van der Waals surface area contributed by atoms with Gasteiger partial charge in [-0.1, -0.05) is 0 Å². The summed E-state index contributed by atoms with van der Waals surface area (Å²) >= 11 is 2.88. The predicted octanol–water partition coefficient (Wildman–Crippen LogP) is 0.400. The maximum atomic E-state index is 10.9. The molecule has 1 aromatic rings. The number of pyridine rings is 1. The lowest BCUT2D eigenvalue weighted by Crippen LogP contribution is -2.15. The van der Waals surface area contributed by atoms with Crippen molar-refractivity contribution in [2.75, 3.05) is 0 Å². The van der Waals surface area contributed by atoms with Gasteiger partial charge in [0.15, 0.2) is 4.90 Å². The van der Waals surface area contributed by atoms with Gasteiger partial charge in [-0.2, -0.15) is 0 Å². The highest BCUT2D eigenvalue weighted by atomic mass is 79.9. The summed E-state index contributed by atoms with van der Waals surface area (Å²) in [5.74, 6) is -0.790. The molecule has 1 heterocycles. The van der Waals surface area contributed by atoms with Gasteiger partial charge in [0.2, 0.25) is 14.6 Å². The first-order chi connectivity index (χ1) is 6.32. The molecule has 0 aliphatic carbocycles. The molecule has 9 heteroatoms. The fraction of sp³-hybridized carbons (Fsp3) is 0. The van der Waals surface area contributed by atoms with Crippen molar-refractivity contribution in [3.05, 3.63) is 26.9 Å². The summed E-state index contributed by atoms with van der Waals surface area (Å²) < 4.78 is 21.9. The second-order valence-electron chi connectivity index (χ2n) is 2.26. The zero-order chi connectivity index (χ0) is 10.9. The first-order valence-electron chi connectivity index (χ1n) is 3.16. The molecule has 0 aliphatic rings. The third-order valence-electron chi connectivity index (χ3n) is 1.28. The largest absolute Gasteiger partial charge is 0.384 e. The molecular weight excluding hydrogens is 278 g/mol. The van der Waals surface area contributed by atoms with Gasteiger partial charge in [0.1, 0.15) is 0 Å². The Hall–Kier alpha value is -1.06. The molecule has 14 heavy (non-hydrogen) atoms. The van der Waals surface area contributed by atoms with E-state index in [9.17, 15) is 18.5 Å². The SMILES string of the molecule is NS(=O)(=O)c1ccc(Br)nc1[N+](=O)[O-]. The second-order valence-corrected chi connectivity index (χ2v) is 4.60. The number of halogens is 1. The quantitative estimate of drug-likeness (QED) is 0.478. The third-order valence-corrected chi connectivity index (χ3v) is 2.66. The summed E-state index contributed by atoms with van der Waals surface area (Å²) in [4.78, 5) is 12.3. The van der Waals surface area contributed by atoms with E-state index >= 15 is 0 Å². The first-order valence-corrected chi connectivity index (χ1v) is 5.50. The van der Waals surface area contributed by atoms with Crippen molar-refractivity contribution < 1.29 is 13.3 Å². The van der Waals surface area contributed by atoms with E-state index in [4.69, 9.17) is 5.14 Å². The van der Waals surface area contributed by atoms with Crippen molar-refractivity contribution in [2.24, 2.45) is 5.14 Å². The van der Waals surface area contributed by atoms with Gasteiger partial charge < -0.3 is 10.1 Å². The van der Waals surface area contributed by atoms with Gasteiger partial charge in [-0.15, -0.1) is 0 Å². The molecule has 1 aromatic heterocycles. The molecular formula is C5H4BrN3O4S. The third kappa shape index (κ3) is 2.25. The normalized spacial score (nSPS) is 11.3. The lowest BCUT2D eigenvalue weighted by Gasteiger charge is -1.98. The number of rotatable bonds is 2. The van der Waals surface area contributed by atoms with Crippen LogP contribution in [0.25, 0.3) is 0 Å². The smallest absolute Gasteiger partial charge is 0.358 e. The van der Waals surface area contributed by atoms with E-state index in [0.717, 1.165) is 6.07 Å². The van der Waals surface area contributed by atoms with Gasteiger partial charge in [0.05, 0.1) is 0 Å². The van der Waals surface area contributed by atoms with E-state index in [2.05, 4.69) is 20.9 Å². The van der Waals surface area contributed by atoms with E-state index in [1.165, 1.54) is 6.07 Å². The van der Waals surface area contributed by atoms with Crippen LogP contribution < -0.4 is 5.14 Å². The minimum absolute atomic E-state index is 0.164. The zero-order valence-electron chi connectivity index (χ0n) is 6.55. The van der Waals surface area contributed by atoms with Crippen LogP contribution in [-0.2, 0) is 10.0 Å². The van der Waals surface area contributed by atoms with Crippen LogP contribution in [0.5, 0.6) is 0 Å². The lowest BCUT2D eigenvalue weighted by molar-refractivity contribution is -0.392. The molecule has 0 radical (unpaired) electrons. The number of sulfonamides is 1. The van der Waals surface area contributed by atoms with Crippen LogP contribution in [0.1, 0.15) is 0 Å². The maximum absolute atomic E-state index is 10.9. The number of hydrogen-bond acceptors (Lipinski definition) is 5. The Bertz CT molecular complexity index is 486. The van der Waals surface area contributed by atoms with Crippen molar-refractivity contribution in [1.29, 1.82) is 0 Å². The van der Waals surface area contributed by atoms with Crippen molar-refractivity contribution in [3.63, 3.8) is 0 Å². The Labute approximate surface area is 87.3 Å². The Balaban J connectivity index is 3.53. The summed E-state index contributed by atoms with van der Waals surface area (Å²) in [7, 11) is -4.12. The highest BCUT2D eigenvalue weighted by Gasteiger charge is 2.24. The molecule has 0 saturated carbocycles. The lowest BCUT2D eigenvalue weighted by atomic mass is 10.5. The van der Waals surface area contributed by atoms with Gasteiger partial charge in [-0.25, -0.2) is 13.6 Å². The Kier molecular flexibility index (Phi) is 2.83. The molecule has 0 atom stereocenters. The zero-order valence-corrected chi connectivity index (χ0v) is 8.95. The summed E-state index contributed by atoms with van der Waals surface area (Å²) in [6, 6.07) is 2.28. The van der Waals surface area contributed by atoms with Gasteiger partial charge in [-0.05, 0) is 22.0 Å². The highest BCUT2D eigenvalue weighted by Crippen LogP contribution is 2.22. The van der Waals surface area contributed by atoms with Crippen LogP contribution in [0.15, 0.2) is 21.6 Å². The summed E-state index contributed by atoms with van der Waals surface area (Å²) in [6.45, 7) is 0. The van der Waals surface area contributed by atoms with Gasteiger partial charge in [0.25, 0.3) is 0 Å². The standard InChI is InChI=1S/C5H4BrN3O4S/c6-4-2-1-3(14(7,12)13)5(8-4)9(10)11/h1-2H,(H2,7,12,13). The van der Waals surface area contributed by atoms with Crippen molar-refractivity contribution in [3.8, 4) is 0 Å². The molecule has 0 unspecified atom stereocenters. The first kappa shape index (κ1) is 11.0. The molecule has 2 N–H and O–H groups in total. The summed E-state index contributed by atoms with van der Waals surface area (Å²) in [6.07, 6.45) is 0. The average Bonchev–Trinajstić information content (AvgIpc) is 2.01. The maximum Gasteiger partial charge on any atom is 0.384 e. The molecule has 0 fully saturated rings. The molecule has 0 spiro atoms. The molecule has 1 rings (SSSR count). The molecule has 0 bridgehead atoms. The number of aromatic nitrogens is 1. The van der Waals surface area contributed by atoms with Crippen LogP contribution in [-0.4, -0.2) is 18.3 Å². The Morgan fingerprint density at radius 2 is 2.07 bits per heavy atom. The van der Waals surface area contributed by atoms with Crippen LogP contribution in [0, 0.1) is 10.1 Å². The predicted molar refractivity (Wildman–Crippen MR) is 50.0 cm³/mol. The van der Waals surface area contributed by atoms with E-state index < -0.39 is 25.7 Å². The average molecular weight is 282 g/mol. The molecule has 7 nitrogen and oxygen atoms in total. The fourth-order valence-electron chi connectivity index (χ4n) is 0.765. The van der Waals surface area contributed by atoms with Gasteiger partial charge in [0, 0.05) is 15.9 Å². The number of primary sulfonamides is 1. The van der Waals surface area contributed by atoms with Crippen LogP contribution in [0.4, 0.5) is 5.82 Å². The molecule has 0 aliphatic heterocycles. The second kappa shape index (κ2) is 3.59. The number of nitrogens with two attached hydrogens (primary N) is 1. The van der Waals surface area contributed by atoms with Gasteiger partial charge >= 0.3 is 5.82 Å². The van der Waals surface area contributed by atoms with E-state index in [1.807, 2.05) is 0 Å². The molecule has 0 amide bonds. The van der Waals surface area contributed by atoms with Gasteiger partial charge in [-0.3, -0.25) is 0 Å². The minimum atomic E-state index is -4.12. The minimum Gasteiger partial charge on any atom is -0.358 e. The van der Waals surface area contributed by atoms with Crippen LogP contribution >= 0.6 is 15.9 Å². The van der Waals surface area contributed by atoms with Crippen molar-refractivity contribution in [2.45, 2.75) is 4.90 Å². The van der Waals surface area contributed by atoms with Crippen LogP contribution in [0.2, 0.25) is 0 Å². The van der Waals surface area contributed by atoms with E-state index in [0.29, 0.717) is 0 Å². The number of nitro groups is 1. The molecule has 76 valence electrons. The van der Waals surface area contributed by atoms with E-state index in [1.54, 1.807) is 0 Å². The van der Waals surface area contributed by atoms with E-state index in [-0.39, 0.29) is 4.60 Å². The van der Waals surface area contributed by atoms with Crippen LogP contribution in [0.3, 0.4) is 0 Å². The molecule has 0 saturated heterocycles. The monoisotopic (exact) mass is 281 g/mol. The highest BCUT2D eigenvalue weighted by molar-refractivity contribution is 9.10. The number of hydrogen-bond donors (Lipinski definition) is 1. The fourth-order valence-corrected chi connectivity index (χ4v) is 1.70. The summed E-state index contributed by atoms with van der Waals surface area (Å²) in [5.41, 5.74) is 0. The molecule has 0 aromatic carbocycles. The summed E-state index contributed by atoms with van der Waals surface area (Å²) in [5, 5.41) is 15.2.